The van der Waals surface area contributed by atoms with Crippen molar-refractivity contribution in [3.8, 4) is 17.2 Å². The summed E-state index contributed by atoms with van der Waals surface area (Å²) in [5.41, 5.74) is 0.997. The molecular weight excluding hydrogens is 314 g/mol. The number of methoxy groups -OCH3 is 3. The summed E-state index contributed by atoms with van der Waals surface area (Å²) in [4.78, 5) is 2.15. The van der Waals surface area contributed by atoms with Crippen LogP contribution in [0.3, 0.4) is 0 Å². The van der Waals surface area contributed by atoms with Crippen LogP contribution in [0.25, 0.3) is 0 Å². The quantitative estimate of drug-likeness (QED) is 0.523. The van der Waals surface area contributed by atoms with E-state index in [1.807, 2.05) is 12.1 Å². The predicted octanol–water partition coefficient (Wildman–Crippen LogP) is 1.63. The molecule has 0 atom stereocenters. The summed E-state index contributed by atoms with van der Waals surface area (Å²) in [6, 6.07) is 3.81. The maximum atomic E-state index is 5.34. The van der Waals surface area contributed by atoms with Gasteiger partial charge in [-0.3, -0.25) is 0 Å². The number of thiocarbonyl (C=S) groups is 1. The standard InChI is InChI=1S/C16H27N3O3S/c1-19(2)8-6-7-17-16(23)18-11-12-9-13(20-3)15(22-5)14(10-12)21-4/h9-10H,6-8,11H2,1-5H3,(H2,17,18,23). The maximum Gasteiger partial charge on any atom is 0.203 e. The third-order valence-corrected chi connectivity index (χ3v) is 3.53. The van der Waals surface area contributed by atoms with Crippen molar-refractivity contribution in [1.29, 1.82) is 0 Å². The fourth-order valence-corrected chi connectivity index (χ4v) is 2.25. The summed E-state index contributed by atoms with van der Waals surface area (Å²) in [7, 11) is 8.91. The molecule has 2 N–H and O–H groups in total. The Morgan fingerprint density at radius 1 is 1.04 bits per heavy atom. The van der Waals surface area contributed by atoms with Gasteiger partial charge < -0.3 is 29.7 Å². The summed E-state index contributed by atoms with van der Waals surface area (Å²) < 4.78 is 16.0. The first-order valence-corrected chi connectivity index (χ1v) is 7.88. The highest BCUT2D eigenvalue weighted by atomic mass is 32.1. The van der Waals surface area contributed by atoms with E-state index in [1.54, 1.807) is 21.3 Å². The topological polar surface area (TPSA) is 55.0 Å². The average molecular weight is 341 g/mol. The number of benzene rings is 1. The largest absolute Gasteiger partial charge is 0.493 e. The first-order chi connectivity index (χ1) is 11.0. The van der Waals surface area contributed by atoms with Crippen molar-refractivity contribution in [2.45, 2.75) is 13.0 Å². The zero-order chi connectivity index (χ0) is 17.2. The maximum absolute atomic E-state index is 5.34. The number of hydrogen-bond acceptors (Lipinski definition) is 5. The van der Waals surface area contributed by atoms with Gasteiger partial charge in [0.05, 0.1) is 21.3 Å². The van der Waals surface area contributed by atoms with E-state index in [4.69, 9.17) is 26.4 Å². The lowest BCUT2D eigenvalue weighted by Gasteiger charge is -2.15. The van der Waals surface area contributed by atoms with E-state index < -0.39 is 0 Å². The highest BCUT2D eigenvalue weighted by Gasteiger charge is 2.13. The molecule has 0 unspecified atom stereocenters. The van der Waals surface area contributed by atoms with Gasteiger partial charge in [0.2, 0.25) is 5.75 Å². The second-order valence-electron chi connectivity index (χ2n) is 5.30. The van der Waals surface area contributed by atoms with Gasteiger partial charge in [-0.25, -0.2) is 0 Å². The van der Waals surface area contributed by atoms with Crippen LogP contribution < -0.4 is 24.8 Å². The molecule has 0 aliphatic rings. The van der Waals surface area contributed by atoms with Crippen LogP contribution in [0.1, 0.15) is 12.0 Å². The van der Waals surface area contributed by atoms with E-state index in [1.165, 1.54) is 0 Å². The molecule has 0 aromatic heterocycles. The van der Waals surface area contributed by atoms with E-state index in [2.05, 4.69) is 29.6 Å². The lowest BCUT2D eigenvalue weighted by atomic mass is 10.2. The minimum atomic E-state index is 0.580. The summed E-state index contributed by atoms with van der Waals surface area (Å²) in [6.07, 6.45) is 1.04. The zero-order valence-corrected chi connectivity index (χ0v) is 15.4. The van der Waals surface area contributed by atoms with Crippen LogP contribution >= 0.6 is 12.2 Å². The molecule has 0 spiro atoms. The Bertz CT molecular complexity index is 484. The van der Waals surface area contributed by atoms with E-state index in [0.717, 1.165) is 25.1 Å². The summed E-state index contributed by atoms with van der Waals surface area (Å²) >= 11 is 5.28. The Morgan fingerprint density at radius 2 is 1.65 bits per heavy atom. The molecule has 0 saturated carbocycles. The Labute approximate surface area is 144 Å². The van der Waals surface area contributed by atoms with Crippen LogP contribution in [0, 0.1) is 0 Å². The molecule has 0 aliphatic heterocycles. The molecule has 0 radical (unpaired) electrons. The Morgan fingerprint density at radius 3 is 2.13 bits per heavy atom. The van der Waals surface area contributed by atoms with Gasteiger partial charge in [0.15, 0.2) is 16.6 Å². The van der Waals surface area contributed by atoms with Crippen molar-refractivity contribution in [2.75, 3.05) is 48.5 Å². The van der Waals surface area contributed by atoms with Crippen molar-refractivity contribution in [3.05, 3.63) is 17.7 Å². The number of nitrogens with zero attached hydrogens (tertiary/aromatic N) is 1. The van der Waals surface area contributed by atoms with Crippen molar-refractivity contribution < 1.29 is 14.2 Å². The zero-order valence-electron chi connectivity index (χ0n) is 14.6. The second-order valence-corrected chi connectivity index (χ2v) is 5.71. The van der Waals surface area contributed by atoms with E-state index in [-0.39, 0.29) is 0 Å². The monoisotopic (exact) mass is 341 g/mol. The van der Waals surface area contributed by atoms with Gasteiger partial charge in [0.25, 0.3) is 0 Å². The number of rotatable bonds is 9. The summed E-state index contributed by atoms with van der Waals surface area (Å²) in [5.74, 6) is 1.85. The molecule has 1 aromatic carbocycles. The van der Waals surface area contributed by atoms with Gasteiger partial charge in [0.1, 0.15) is 0 Å². The molecule has 1 rings (SSSR count). The SMILES string of the molecule is COc1cc(CNC(=S)NCCCN(C)C)cc(OC)c1OC. The van der Waals surface area contributed by atoms with Crippen LogP contribution in [0.15, 0.2) is 12.1 Å². The molecule has 23 heavy (non-hydrogen) atoms. The minimum Gasteiger partial charge on any atom is -0.493 e. The molecule has 0 aliphatic carbocycles. The van der Waals surface area contributed by atoms with Gasteiger partial charge >= 0.3 is 0 Å². The molecular formula is C16H27N3O3S. The third-order valence-electron chi connectivity index (χ3n) is 3.25. The molecule has 0 bridgehead atoms. The highest BCUT2D eigenvalue weighted by molar-refractivity contribution is 7.80. The number of ether oxygens (including phenoxy) is 3. The Kier molecular flexibility index (Phi) is 8.50. The van der Waals surface area contributed by atoms with Crippen LogP contribution in [0.5, 0.6) is 17.2 Å². The summed E-state index contributed by atoms with van der Waals surface area (Å²) in [6.45, 7) is 2.46. The first-order valence-electron chi connectivity index (χ1n) is 7.47. The average Bonchev–Trinajstić information content (AvgIpc) is 2.55. The van der Waals surface area contributed by atoms with Crippen molar-refractivity contribution in [1.82, 2.24) is 15.5 Å². The second kappa shape index (κ2) is 10.1. The van der Waals surface area contributed by atoms with Crippen LogP contribution in [-0.4, -0.2) is 58.5 Å². The fraction of sp³-hybridized carbons (Fsp3) is 0.562. The fourth-order valence-electron chi connectivity index (χ4n) is 2.08. The predicted molar refractivity (Wildman–Crippen MR) is 96.7 cm³/mol. The van der Waals surface area contributed by atoms with Crippen molar-refractivity contribution in [3.63, 3.8) is 0 Å². The van der Waals surface area contributed by atoms with Crippen molar-refractivity contribution >= 4 is 17.3 Å². The first kappa shape index (κ1) is 19.3. The molecule has 0 heterocycles. The minimum absolute atomic E-state index is 0.580. The van der Waals surface area contributed by atoms with Crippen LogP contribution in [-0.2, 0) is 6.54 Å². The molecule has 7 heteroatoms. The Balaban J connectivity index is 2.55. The highest BCUT2D eigenvalue weighted by Crippen LogP contribution is 2.38. The lowest BCUT2D eigenvalue weighted by molar-refractivity contribution is 0.323. The molecule has 0 saturated heterocycles. The molecule has 130 valence electrons. The van der Waals surface area contributed by atoms with Gasteiger partial charge in [-0.15, -0.1) is 0 Å². The van der Waals surface area contributed by atoms with Gasteiger partial charge in [0, 0.05) is 13.1 Å². The van der Waals surface area contributed by atoms with Crippen LogP contribution in [0.2, 0.25) is 0 Å². The molecule has 0 fully saturated rings. The lowest BCUT2D eigenvalue weighted by Crippen LogP contribution is -2.36. The van der Waals surface area contributed by atoms with Crippen molar-refractivity contribution in [2.24, 2.45) is 0 Å². The smallest absolute Gasteiger partial charge is 0.203 e. The normalized spacial score (nSPS) is 10.3. The van der Waals surface area contributed by atoms with E-state index in [0.29, 0.717) is 28.9 Å². The Hall–Kier alpha value is -1.73. The van der Waals surface area contributed by atoms with E-state index in [9.17, 15) is 0 Å². The summed E-state index contributed by atoms with van der Waals surface area (Å²) in [5, 5.41) is 7.01. The number of nitrogens with one attached hydrogen (secondary N) is 2. The van der Waals surface area contributed by atoms with Crippen LogP contribution in [0.4, 0.5) is 0 Å². The van der Waals surface area contributed by atoms with Gasteiger partial charge in [-0.2, -0.15) is 0 Å². The molecule has 1 aromatic rings. The van der Waals surface area contributed by atoms with E-state index >= 15 is 0 Å². The molecule has 0 amide bonds. The van der Waals surface area contributed by atoms with Gasteiger partial charge in [-0.05, 0) is 57.0 Å². The molecule has 6 nitrogen and oxygen atoms in total. The number of hydrogen-bond donors (Lipinski definition) is 2. The van der Waals surface area contributed by atoms with Gasteiger partial charge in [-0.1, -0.05) is 0 Å². The third kappa shape index (κ3) is 6.50.